The molecule has 0 N–H and O–H groups in total. The van der Waals surface area contributed by atoms with Crippen LogP contribution in [0, 0.1) is 0 Å². The summed E-state index contributed by atoms with van der Waals surface area (Å²) >= 11 is 0. The smallest absolute Gasteiger partial charge is 0.160 e. The molecule has 4 aliphatic rings. The Balaban J connectivity index is 0.661. The van der Waals surface area contributed by atoms with Gasteiger partial charge in [0, 0.05) is 55.6 Å². The highest BCUT2D eigenvalue weighted by Crippen LogP contribution is 2.65. The molecule has 6 heteroatoms. The maximum absolute atomic E-state index is 7.24. The minimum atomic E-state index is -0.780. The van der Waals surface area contributed by atoms with Crippen LogP contribution < -0.4 is 9.47 Å². The van der Waals surface area contributed by atoms with E-state index in [1.807, 2.05) is 18.2 Å². The monoisotopic (exact) mass is 1430 g/mol. The van der Waals surface area contributed by atoms with Gasteiger partial charge in [-0.15, -0.1) is 0 Å². The summed E-state index contributed by atoms with van der Waals surface area (Å²) in [7, 11) is 0. The molecule has 0 bridgehead atoms. The number of ether oxygens (including phenoxy) is 2. The van der Waals surface area contributed by atoms with E-state index >= 15 is 0 Å². The number of aromatic nitrogens is 4. The van der Waals surface area contributed by atoms with Crippen molar-refractivity contribution in [3.05, 3.63) is 445 Å². The van der Waals surface area contributed by atoms with Crippen LogP contribution in [0.4, 0.5) is 0 Å². The fraction of sp³-hybridized carbons (Fsp3) is 0.0189. The Morgan fingerprint density at radius 1 is 0.152 bits per heavy atom. The average molecular weight is 1430 g/mol. The largest absolute Gasteiger partial charge is 0.457 e. The van der Waals surface area contributed by atoms with E-state index in [0.29, 0.717) is 11.6 Å². The highest BCUT2D eigenvalue weighted by Gasteiger charge is 2.53. The van der Waals surface area contributed by atoms with Crippen LogP contribution >= 0.6 is 0 Å². The Morgan fingerprint density at radius 3 is 0.875 bits per heavy atom. The van der Waals surface area contributed by atoms with E-state index in [0.717, 1.165) is 157 Å². The molecule has 0 unspecified atom stereocenters. The normalized spacial score (nSPS) is 13.1. The molecule has 2 spiro atoms. The molecule has 0 saturated heterocycles. The second kappa shape index (κ2) is 26.0. The van der Waals surface area contributed by atoms with Gasteiger partial charge in [-0.2, -0.15) is 0 Å². The zero-order valence-corrected chi connectivity index (χ0v) is 60.7. The molecule has 0 saturated carbocycles. The lowest BCUT2D eigenvalue weighted by atomic mass is 9.65. The van der Waals surface area contributed by atoms with E-state index in [1.165, 1.54) is 44.5 Å². The summed E-state index contributed by atoms with van der Waals surface area (Å²) in [5.74, 6) is 4.61. The predicted octanol–water partition coefficient (Wildman–Crippen LogP) is 26.5. The second-order valence-electron chi connectivity index (χ2n) is 29.4. The van der Waals surface area contributed by atoms with Crippen LogP contribution in [0.5, 0.6) is 23.0 Å². The maximum Gasteiger partial charge on any atom is 0.160 e. The van der Waals surface area contributed by atoms with Crippen LogP contribution in [-0.4, -0.2) is 19.9 Å². The van der Waals surface area contributed by atoms with Crippen LogP contribution in [0.2, 0.25) is 0 Å². The minimum absolute atomic E-state index is 0.601. The predicted molar refractivity (Wildman–Crippen MR) is 452 cm³/mol. The summed E-state index contributed by atoms with van der Waals surface area (Å²) in [5, 5.41) is 0. The van der Waals surface area contributed by atoms with E-state index in [4.69, 9.17) is 29.4 Å². The Kier molecular flexibility index (Phi) is 15.0. The van der Waals surface area contributed by atoms with Crippen molar-refractivity contribution in [2.75, 3.05) is 0 Å². The van der Waals surface area contributed by atoms with Gasteiger partial charge in [0.15, 0.2) is 11.6 Å². The van der Waals surface area contributed by atoms with Crippen LogP contribution in [0.15, 0.2) is 400 Å². The van der Waals surface area contributed by atoms with E-state index < -0.39 is 10.8 Å². The molecule has 18 aromatic rings. The van der Waals surface area contributed by atoms with Gasteiger partial charge in [0.05, 0.1) is 33.6 Å². The number of hydrogen-bond donors (Lipinski definition) is 0. The quantitative estimate of drug-likeness (QED) is 0.129. The molecule has 0 fully saturated rings. The van der Waals surface area contributed by atoms with Crippen LogP contribution in [0.3, 0.4) is 0 Å². The first-order valence-electron chi connectivity index (χ1n) is 38.2. The molecule has 2 aromatic heterocycles. The highest BCUT2D eigenvalue weighted by molar-refractivity contribution is 5.93. The lowest BCUT2D eigenvalue weighted by molar-refractivity contribution is 0.436. The minimum Gasteiger partial charge on any atom is -0.457 e. The maximum atomic E-state index is 7.24. The topological polar surface area (TPSA) is 70.0 Å². The lowest BCUT2D eigenvalue weighted by Crippen LogP contribution is -2.32. The summed E-state index contributed by atoms with van der Waals surface area (Å²) in [5.41, 5.74) is 32.7. The molecule has 0 radical (unpaired) electrons. The average Bonchev–Trinajstić information content (AvgIpc) is 1.50. The van der Waals surface area contributed by atoms with Crippen molar-refractivity contribution in [2.45, 2.75) is 10.8 Å². The van der Waals surface area contributed by atoms with Crippen LogP contribution in [0.25, 0.3) is 146 Å². The van der Waals surface area contributed by atoms with E-state index in [-0.39, 0.29) is 0 Å². The van der Waals surface area contributed by atoms with Crippen molar-refractivity contribution in [2.24, 2.45) is 0 Å². The van der Waals surface area contributed by atoms with Crippen molar-refractivity contribution in [3.8, 4) is 169 Å². The lowest BCUT2D eigenvalue weighted by Gasteiger charge is -2.40. The van der Waals surface area contributed by atoms with Crippen LogP contribution in [0.1, 0.15) is 44.5 Å². The number of hydrogen-bond acceptors (Lipinski definition) is 6. The summed E-state index contributed by atoms with van der Waals surface area (Å²) in [4.78, 5) is 21.8. The van der Waals surface area contributed by atoms with Gasteiger partial charge in [-0.3, -0.25) is 0 Å². The number of rotatable bonds is 11. The van der Waals surface area contributed by atoms with Gasteiger partial charge in [0.1, 0.15) is 23.0 Å². The molecule has 2 aliphatic heterocycles. The standard InChI is InChI=1S/C106H66N4O2/c1-4-26-67(27-5-1)70-32-22-36-77(58-70)95-65-96(78-37-23-33-71(59-78)74-52-55-100-92(62-74)105(91-50-20-21-51-99(91)111-100)87-46-16-12-41-82(87)83-42-13-17-47-88(83)105)109-104(108-95)80-39-25-35-73(61-80)76-54-57-102-94(64-76)106(89-48-18-14-43-84(89)85-44-15-19-49-90(85)106)93-63-75(53-56-101(93)112-102)72-34-24-38-79(60-72)97-66-98(110-103(107-97)69-30-8-3-9-31-69)86-45-11-10-40-81(86)68-28-6-2-7-29-68/h1-66H. The van der Waals surface area contributed by atoms with E-state index in [1.54, 1.807) is 0 Å². The number of nitrogens with zero attached hydrogens (tertiary/aromatic N) is 4. The Bertz CT molecular complexity index is 6760. The second-order valence-corrected chi connectivity index (χ2v) is 29.4. The highest BCUT2D eigenvalue weighted by atomic mass is 16.5. The van der Waals surface area contributed by atoms with Crippen molar-refractivity contribution in [3.63, 3.8) is 0 Å². The van der Waals surface area contributed by atoms with Gasteiger partial charge in [-0.05, 0) is 179 Å². The molecular formula is C106H66N4O2. The molecular weight excluding hydrogens is 1360 g/mol. The van der Waals surface area contributed by atoms with E-state index in [2.05, 4.69) is 382 Å². The molecule has 16 aromatic carbocycles. The zero-order chi connectivity index (χ0) is 73.9. The summed E-state index contributed by atoms with van der Waals surface area (Å²) in [6.45, 7) is 0. The van der Waals surface area contributed by atoms with Gasteiger partial charge >= 0.3 is 0 Å². The number of benzene rings is 16. The van der Waals surface area contributed by atoms with Gasteiger partial charge in [-0.25, -0.2) is 19.9 Å². The fourth-order valence-electron chi connectivity index (χ4n) is 18.2. The van der Waals surface area contributed by atoms with Gasteiger partial charge in [0.2, 0.25) is 0 Å². The molecule has 522 valence electrons. The first-order valence-corrected chi connectivity index (χ1v) is 38.2. The van der Waals surface area contributed by atoms with Gasteiger partial charge < -0.3 is 9.47 Å². The van der Waals surface area contributed by atoms with Crippen molar-refractivity contribution < 1.29 is 9.47 Å². The third-order valence-corrected chi connectivity index (χ3v) is 23.3. The molecule has 0 amide bonds. The van der Waals surface area contributed by atoms with E-state index in [9.17, 15) is 0 Å². The number of fused-ring (bicyclic) bond motifs is 18. The summed E-state index contributed by atoms with van der Waals surface area (Å²) < 4.78 is 14.1. The summed E-state index contributed by atoms with van der Waals surface area (Å²) in [6.07, 6.45) is 0. The van der Waals surface area contributed by atoms with Gasteiger partial charge in [0.25, 0.3) is 0 Å². The first-order chi connectivity index (χ1) is 55.5. The zero-order valence-electron chi connectivity index (χ0n) is 60.7. The molecule has 6 nitrogen and oxygen atoms in total. The first kappa shape index (κ1) is 64.5. The third-order valence-electron chi connectivity index (χ3n) is 23.3. The molecule has 0 atom stereocenters. The Labute approximate surface area is 649 Å². The molecule has 22 rings (SSSR count). The molecule has 2 aliphatic carbocycles. The van der Waals surface area contributed by atoms with Crippen molar-refractivity contribution in [1.82, 2.24) is 19.9 Å². The Morgan fingerprint density at radius 2 is 0.429 bits per heavy atom. The Hall–Kier alpha value is -14.7. The third kappa shape index (κ3) is 10.3. The number of para-hydroxylation sites is 1. The molecule has 4 heterocycles. The summed E-state index contributed by atoms with van der Waals surface area (Å²) in [6, 6.07) is 144. The van der Waals surface area contributed by atoms with Gasteiger partial charge in [-0.1, -0.05) is 322 Å². The molecule has 112 heavy (non-hydrogen) atoms. The van der Waals surface area contributed by atoms with Crippen molar-refractivity contribution >= 4 is 0 Å². The SMILES string of the molecule is c1ccc(-c2cccc(-c3cc(-c4cccc(-c5ccc6c(c5)C5(c7ccccc7O6)c6ccccc6-c6ccccc65)c4)nc(-c4cccc(-c5ccc6c(c5)C5(c7cc(-c8cccc(-c9cc(-c%10ccccc%10-c%10ccccc%10)nc(-c%10ccccc%10)n9)c8)ccc7O6)c6ccccc6-c6ccccc65)c4)n3)c2)cc1. The van der Waals surface area contributed by atoms with Crippen molar-refractivity contribution in [1.29, 1.82) is 0 Å². The van der Waals surface area contributed by atoms with Crippen LogP contribution in [-0.2, 0) is 10.8 Å². The fourth-order valence-corrected chi connectivity index (χ4v) is 18.2.